The van der Waals surface area contributed by atoms with Crippen molar-refractivity contribution in [3.05, 3.63) is 52.7 Å². The van der Waals surface area contributed by atoms with Crippen molar-refractivity contribution in [1.29, 1.82) is 0 Å². The molecule has 2 aliphatic rings. The number of allylic oxidation sites excluding steroid dienone is 3. The highest BCUT2D eigenvalue weighted by molar-refractivity contribution is 7.98. The molecule has 1 heterocycles. The van der Waals surface area contributed by atoms with E-state index in [2.05, 4.69) is 45.4 Å². The van der Waals surface area contributed by atoms with Crippen LogP contribution in [0.5, 0.6) is 5.75 Å². The highest BCUT2D eigenvalue weighted by atomic mass is 32.2. The van der Waals surface area contributed by atoms with Crippen LogP contribution in [0, 0.1) is 5.92 Å². The molecule has 3 atom stereocenters. The van der Waals surface area contributed by atoms with Gasteiger partial charge in [0.05, 0.1) is 5.54 Å². The highest BCUT2D eigenvalue weighted by Gasteiger charge is 2.73. The molecular weight excluding hydrogens is 386 g/mol. The molecule has 1 saturated heterocycles. The smallest absolute Gasteiger partial charge is 0.369 e. The van der Waals surface area contributed by atoms with Gasteiger partial charge in [-0.05, 0) is 50.3 Å². The standard InChI is InChI=1S/C22H31NO3SSi/c1-14-15(2)17(4)20(16(14)3)23-22(21(24)25,19(13-27-5)28(23,6)7)26-18-11-9-8-10-12-18/h8-12,16,19H,13H2,1-7H3,(H,24,25)/t16?,19?,22-/m1/s1. The summed E-state index contributed by atoms with van der Waals surface area (Å²) in [6, 6.07) is 9.39. The molecule has 0 aromatic heterocycles. The number of carboxylic acids is 1. The molecule has 28 heavy (non-hydrogen) atoms. The lowest BCUT2D eigenvalue weighted by Crippen LogP contribution is -2.84. The Morgan fingerprint density at radius 2 is 1.82 bits per heavy atom. The lowest BCUT2D eigenvalue weighted by Gasteiger charge is -2.66. The Morgan fingerprint density at radius 1 is 1.21 bits per heavy atom. The number of hydrogen-bond donors (Lipinski definition) is 1. The second-order valence-corrected chi connectivity index (χ2v) is 13.8. The van der Waals surface area contributed by atoms with Crippen LogP contribution in [0.15, 0.2) is 52.7 Å². The van der Waals surface area contributed by atoms with E-state index in [-0.39, 0.29) is 11.5 Å². The van der Waals surface area contributed by atoms with Gasteiger partial charge in [-0.2, -0.15) is 11.8 Å². The van der Waals surface area contributed by atoms with Crippen molar-refractivity contribution in [1.82, 2.24) is 4.57 Å². The van der Waals surface area contributed by atoms with E-state index in [4.69, 9.17) is 4.74 Å². The molecule has 2 unspecified atom stereocenters. The molecule has 0 spiro atoms. The number of nitrogens with zero attached hydrogens (tertiary/aromatic N) is 1. The van der Waals surface area contributed by atoms with Crippen LogP contribution >= 0.6 is 11.8 Å². The quantitative estimate of drug-likeness (QED) is 0.631. The largest absolute Gasteiger partial charge is 0.477 e. The van der Waals surface area contributed by atoms with Gasteiger partial charge < -0.3 is 14.4 Å². The van der Waals surface area contributed by atoms with Crippen molar-refractivity contribution in [2.45, 2.75) is 52.1 Å². The average molecular weight is 418 g/mol. The molecule has 1 aromatic carbocycles. The number of para-hydroxylation sites is 1. The van der Waals surface area contributed by atoms with Gasteiger partial charge in [0.2, 0.25) is 0 Å². The van der Waals surface area contributed by atoms with E-state index in [0.29, 0.717) is 5.75 Å². The summed E-state index contributed by atoms with van der Waals surface area (Å²) in [4.78, 5) is 12.8. The van der Waals surface area contributed by atoms with Crippen LogP contribution in [0.3, 0.4) is 0 Å². The molecule has 152 valence electrons. The van der Waals surface area contributed by atoms with E-state index in [0.717, 1.165) is 11.4 Å². The zero-order chi connectivity index (χ0) is 20.9. The van der Waals surface area contributed by atoms with Gasteiger partial charge in [-0.1, -0.05) is 43.8 Å². The molecular formula is C22H31NO3SSi. The van der Waals surface area contributed by atoms with Gasteiger partial charge in [-0.25, -0.2) is 4.79 Å². The van der Waals surface area contributed by atoms with Gasteiger partial charge in [0.25, 0.3) is 5.72 Å². The van der Waals surface area contributed by atoms with Gasteiger partial charge in [-0.15, -0.1) is 0 Å². The molecule has 4 nitrogen and oxygen atoms in total. The molecule has 0 saturated carbocycles. The monoisotopic (exact) mass is 417 g/mol. The summed E-state index contributed by atoms with van der Waals surface area (Å²) in [5, 5.41) is 10.5. The van der Waals surface area contributed by atoms with Crippen molar-refractivity contribution in [3.63, 3.8) is 0 Å². The normalized spacial score (nSPS) is 29.2. The first-order chi connectivity index (χ1) is 13.1. The van der Waals surface area contributed by atoms with E-state index < -0.39 is 19.9 Å². The molecule has 0 bridgehead atoms. The molecule has 1 aromatic rings. The van der Waals surface area contributed by atoms with Gasteiger partial charge >= 0.3 is 5.97 Å². The SMILES string of the molecule is CSCC1[C@@](Oc2ccccc2)(C(=O)O)N(C2=C(C)C(C)=C(C)C2C)[Si]1(C)C. The van der Waals surface area contributed by atoms with Crippen molar-refractivity contribution < 1.29 is 14.6 Å². The molecule has 1 aliphatic heterocycles. The van der Waals surface area contributed by atoms with Crippen LogP contribution in [-0.2, 0) is 4.79 Å². The maximum Gasteiger partial charge on any atom is 0.369 e. The zero-order valence-electron chi connectivity index (χ0n) is 17.9. The fraction of sp³-hybridized carbons (Fsp3) is 0.500. The van der Waals surface area contributed by atoms with Crippen LogP contribution in [0.4, 0.5) is 0 Å². The van der Waals surface area contributed by atoms with Crippen LogP contribution in [-0.4, -0.2) is 41.6 Å². The fourth-order valence-electron chi connectivity index (χ4n) is 4.90. The number of hydrogen-bond acceptors (Lipinski definition) is 4. The van der Waals surface area contributed by atoms with Crippen molar-refractivity contribution in [3.8, 4) is 5.75 Å². The summed E-state index contributed by atoms with van der Waals surface area (Å²) >= 11 is 1.70. The minimum Gasteiger partial charge on any atom is -0.477 e. The Balaban J connectivity index is 2.17. The number of thioether (sulfide) groups is 1. The van der Waals surface area contributed by atoms with E-state index in [1.807, 2.05) is 36.6 Å². The van der Waals surface area contributed by atoms with Crippen molar-refractivity contribution >= 4 is 26.0 Å². The maximum absolute atomic E-state index is 12.8. The van der Waals surface area contributed by atoms with Gasteiger partial charge in [-0.3, -0.25) is 0 Å². The number of ether oxygens (including phenoxy) is 1. The Kier molecular flexibility index (Phi) is 5.49. The zero-order valence-corrected chi connectivity index (χ0v) is 19.7. The number of aliphatic carboxylic acids is 1. The lowest BCUT2D eigenvalue weighted by atomic mass is 10.00. The first-order valence-corrected chi connectivity index (χ1v) is 14.2. The fourth-order valence-corrected chi connectivity index (χ4v) is 11.1. The minimum atomic E-state index is -2.07. The third kappa shape index (κ3) is 2.84. The second-order valence-electron chi connectivity index (χ2n) is 8.45. The van der Waals surface area contributed by atoms with Gasteiger partial charge in [0, 0.05) is 17.4 Å². The summed E-state index contributed by atoms with van der Waals surface area (Å²) in [7, 11) is -2.07. The van der Waals surface area contributed by atoms with Gasteiger partial charge in [0.15, 0.2) is 8.24 Å². The number of rotatable bonds is 6. The minimum absolute atomic E-state index is 0.0126. The number of carboxylic acid groups (broad SMARTS) is 1. The first-order valence-electron chi connectivity index (χ1n) is 9.75. The summed E-state index contributed by atoms with van der Waals surface area (Å²) in [5.74, 6) is 0.703. The maximum atomic E-state index is 12.8. The summed E-state index contributed by atoms with van der Waals surface area (Å²) in [6.07, 6.45) is 2.04. The Bertz CT molecular complexity index is 849. The molecule has 3 rings (SSSR count). The highest BCUT2D eigenvalue weighted by Crippen LogP contribution is 2.59. The van der Waals surface area contributed by atoms with Crippen LogP contribution in [0.25, 0.3) is 0 Å². The summed E-state index contributed by atoms with van der Waals surface area (Å²) < 4.78 is 8.58. The van der Waals surface area contributed by atoms with Crippen LogP contribution in [0.1, 0.15) is 27.7 Å². The van der Waals surface area contributed by atoms with E-state index >= 15 is 0 Å². The molecule has 0 radical (unpaired) electrons. The Hall–Kier alpha value is -1.66. The predicted molar refractivity (Wildman–Crippen MR) is 119 cm³/mol. The third-order valence-corrected chi connectivity index (χ3v) is 11.7. The Morgan fingerprint density at radius 3 is 2.29 bits per heavy atom. The molecule has 1 aliphatic carbocycles. The average Bonchev–Trinajstić information content (AvgIpc) is 2.83. The lowest BCUT2D eigenvalue weighted by molar-refractivity contribution is -0.175. The summed E-state index contributed by atoms with van der Waals surface area (Å²) in [6.45, 7) is 13.2. The summed E-state index contributed by atoms with van der Waals surface area (Å²) in [5.41, 5.74) is 3.58. The van der Waals surface area contributed by atoms with Crippen LogP contribution in [0.2, 0.25) is 18.6 Å². The number of carbonyl (C=O) groups is 1. The van der Waals surface area contributed by atoms with Crippen molar-refractivity contribution in [2.75, 3.05) is 12.0 Å². The third-order valence-electron chi connectivity index (χ3n) is 6.73. The molecule has 1 N–H and O–H groups in total. The predicted octanol–water partition coefficient (Wildman–Crippen LogP) is 5.36. The molecule has 0 amide bonds. The van der Waals surface area contributed by atoms with E-state index in [9.17, 15) is 9.90 Å². The van der Waals surface area contributed by atoms with E-state index in [1.165, 1.54) is 16.7 Å². The second kappa shape index (κ2) is 7.30. The molecule has 1 fully saturated rings. The van der Waals surface area contributed by atoms with Crippen LogP contribution < -0.4 is 4.74 Å². The van der Waals surface area contributed by atoms with Crippen molar-refractivity contribution in [2.24, 2.45) is 5.92 Å². The first kappa shape index (κ1) is 21.1. The molecule has 6 heteroatoms. The van der Waals surface area contributed by atoms with E-state index in [1.54, 1.807) is 11.8 Å². The van der Waals surface area contributed by atoms with Gasteiger partial charge in [0.1, 0.15) is 5.75 Å². The Labute approximate surface area is 173 Å². The number of benzene rings is 1. The topological polar surface area (TPSA) is 49.8 Å².